The second kappa shape index (κ2) is 9.60. The van der Waals surface area contributed by atoms with E-state index < -0.39 is 7.60 Å². The van der Waals surface area contributed by atoms with Gasteiger partial charge in [0.25, 0.3) is 0 Å². The Labute approximate surface area is 209 Å². The molecule has 0 bridgehead atoms. The SMILES string of the molecule is O=P1(O)Oc2cc(C3CCCCC3)ccc2-c2cc(C3CCCCC3)cc(Cc3ccccc3)c21. The molecule has 1 atom stereocenters. The summed E-state index contributed by atoms with van der Waals surface area (Å²) >= 11 is 0. The molecule has 1 N–H and O–H groups in total. The Kier molecular flexibility index (Phi) is 6.33. The second-order valence-electron chi connectivity index (χ2n) is 10.8. The Morgan fingerprint density at radius 3 is 2.09 bits per heavy atom. The minimum absolute atomic E-state index is 0.499. The van der Waals surface area contributed by atoms with Gasteiger partial charge in [-0.25, -0.2) is 4.57 Å². The molecule has 6 rings (SSSR count). The van der Waals surface area contributed by atoms with Gasteiger partial charge in [0.05, 0.1) is 5.30 Å². The van der Waals surface area contributed by atoms with Gasteiger partial charge in [-0.05, 0) is 78.3 Å². The first-order valence-corrected chi connectivity index (χ1v) is 15.0. The molecule has 1 aliphatic heterocycles. The fourth-order valence-electron chi connectivity index (χ4n) is 6.59. The molecule has 2 aliphatic carbocycles. The average Bonchev–Trinajstić information content (AvgIpc) is 2.89. The van der Waals surface area contributed by atoms with E-state index >= 15 is 0 Å². The summed E-state index contributed by atoms with van der Waals surface area (Å²) in [6.07, 6.45) is 13.1. The van der Waals surface area contributed by atoms with Crippen LogP contribution in [0.3, 0.4) is 0 Å². The van der Waals surface area contributed by atoms with E-state index in [9.17, 15) is 9.46 Å². The van der Waals surface area contributed by atoms with Crippen LogP contribution in [0.15, 0.2) is 60.7 Å². The minimum atomic E-state index is -4.00. The van der Waals surface area contributed by atoms with Crippen molar-refractivity contribution < 1.29 is 14.0 Å². The molecule has 3 nitrogen and oxygen atoms in total. The molecule has 0 saturated heterocycles. The van der Waals surface area contributed by atoms with Crippen molar-refractivity contribution in [2.24, 2.45) is 0 Å². The highest BCUT2D eigenvalue weighted by atomic mass is 31.2. The first-order valence-electron chi connectivity index (χ1n) is 13.5. The molecule has 0 spiro atoms. The van der Waals surface area contributed by atoms with Crippen LogP contribution in [-0.2, 0) is 11.0 Å². The van der Waals surface area contributed by atoms with E-state index in [4.69, 9.17) is 4.52 Å². The van der Waals surface area contributed by atoms with Crippen molar-refractivity contribution in [3.63, 3.8) is 0 Å². The molecule has 4 heteroatoms. The fraction of sp³-hybridized carbons (Fsp3) is 0.419. The maximum Gasteiger partial charge on any atom is 0.409 e. The van der Waals surface area contributed by atoms with Crippen molar-refractivity contribution in [1.29, 1.82) is 0 Å². The first-order chi connectivity index (χ1) is 17.1. The molecule has 1 unspecified atom stereocenters. The second-order valence-corrected chi connectivity index (χ2v) is 12.4. The van der Waals surface area contributed by atoms with Crippen LogP contribution in [0.2, 0.25) is 0 Å². The number of hydrogen-bond acceptors (Lipinski definition) is 2. The molecule has 3 aromatic carbocycles. The summed E-state index contributed by atoms with van der Waals surface area (Å²) in [4.78, 5) is 11.3. The van der Waals surface area contributed by atoms with E-state index in [0.29, 0.717) is 29.3 Å². The fourth-order valence-corrected chi connectivity index (χ4v) is 8.09. The zero-order valence-electron chi connectivity index (χ0n) is 20.4. The monoisotopic (exact) mass is 486 g/mol. The molecule has 2 fully saturated rings. The van der Waals surface area contributed by atoms with Crippen molar-refractivity contribution >= 4 is 12.9 Å². The topological polar surface area (TPSA) is 46.5 Å². The maximum atomic E-state index is 13.7. The van der Waals surface area contributed by atoms with Crippen molar-refractivity contribution in [3.05, 3.63) is 82.9 Å². The maximum absolute atomic E-state index is 13.7. The van der Waals surface area contributed by atoms with Crippen LogP contribution in [0.25, 0.3) is 11.1 Å². The van der Waals surface area contributed by atoms with Gasteiger partial charge in [-0.1, -0.05) is 87.1 Å². The van der Waals surface area contributed by atoms with Crippen LogP contribution in [0, 0.1) is 0 Å². The summed E-state index contributed by atoms with van der Waals surface area (Å²) in [7, 11) is -4.00. The molecule has 1 heterocycles. The molecule has 0 aromatic heterocycles. The standard InChI is InChI=1S/C31H35O3P/c32-35(33)31-27(18-22-10-4-1-5-11-22)19-26(24-14-8-3-9-15-24)20-29(31)28-17-16-25(21-30(28)34-35)23-12-6-2-7-13-23/h1,4-5,10-11,16-17,19-21,23-24H,2-3,6-9,12-15,18H2,(H,32,33). The van der Waals surface area contributed by atoms with Gasteiger partial charge < -0.3 is 9.42 Å². The van der Waals surface area contributed by atoms with Crippen LogP contribution >= 0.6 is 7.60 Å². The highest BCUT2D eigenvalue weighted by Gasteiger charge is 2.38. The van der Waals surface area contributed by atoms with Gasteiger partial charge in [-0.15, -0.1) is 0 Å². The third-order valence-corrected chi connectivity index (χ3v) is 9.94. The molecular formula is C31H35O3P. The number of benzene rings is 3. The first kappa shape index (κ1) is 23.1. The summed E-state index contributed by atoms with van der Waals surface area (Å²) in [5, 5.41) is 0.499. The van der Waals surface area contributed by atoms with Crippen LogP contribution < -0.4 is 9.83 Å². The lowest BCUT2D eigenvalue weighted by Gasteiger charge is -2.31. The molecule has 0 amide bonds. The summed E-state index contributed by atoms with van der Waals surface area (Å²) in [6.45, 7) is 0. The van der Waals surface area contributed by atoms with E-state index in [2.05, 4.69) is 42.5 Å². The zero-order chi connectivity index (χ0) is 23.8. The molecule has 3 aliphatic rings. The predicted molar refractivity (Wildman–Crippen MR) is 143 cm³/mol. The van der Waals surface area contributed by atoms with Gasteiger partial charge >= 0.3 is 7.60 Å². The predicted octanol–water partition coefficient (Wildman–Crippen LogP) is 8.24. The summed E-state index contributed by atoms with van der Waals surface area (Å²) in [5.41, 5.74) is 6.52. The number of hydrogen-bond donors (Lipinski definition) is 1. The van der Waals surface area contributed by atoms with E-state index in [1.165, 1.54) is 75.3 Å². The lowest BCUT2D eigenvalue weighted by molar-refractivity contribution is 0.390. The van der Waals surface area contributed by atoms with E-state index in [1.807, 2.05) is 18.2 Å². The van der Waals surface area contributed by atoms with Gasteiger partial charge in [0.2, 0.25) is 0 Å². The molecule has 35 heavy (non-hydrogen) atoms. The average molecular weight is 487 g/mol. The van der Waals surface area contributed by atoms with Gasteiger partial charge in [0.1, 0.15) is 5.75 Å². The quantitative estimate of drug-likeness (QED) is 0.378. The van der Waals surface area contributed by atoms with E-state index in [0.717, 1.165) is 22.3 Å². The summed E-state index contributed by atoms with van der Waals surface area (Å²) in [6, 6.07) is 21.1. The summed E-state index contributed by atoms with van der Waals surface area (Å²) < 4.78 is 19.7. The van der Waals surface area contributed by atoms with Gasteiger partial charge in [0.15, 0.2) is 0 Å². The van der Waals surface area contributed by atoms with Gasteiger partial charge in [-0.3, -0.25) is 0 Å². The largest absolute Gasteiger partial charge is 0.421 e. The van der Waals surface area contributed by atoms with Crippen molar-refractivity contribution in [2.75, 3.05) is 0 Å². The van der Waals surface area contributed by atoms with Crippen LogP contribution in [-0.4, -0.2) is 4.89 Å². The number of rotatable bonds is 4. The molecule has 0 radical (unpaired) electrons. The van der Waals surface area contributed by atoms with Gasteiger partial charge in [0, 0.05) is 11.1 Å². The molecule has 182 valence electrons. The smallest absolute Gasteiger partial charge is 0.409 e. The van der Waals surface area contributed by atoms with Crippen LogP contribution in [0.1, 0.15) is 98.3 Å². The Bertz CT molecular complexity index is 1250. The zero-order valence-corrected chi connectivity index (χ0v) is 21.3. The minimum Gasteiger partial charge on any atom is -0.421 e. The van der Waals surface area contributed by atoms with Crippen molar-refractivity contribution in [2.45, 2.75) is 82.5 Å². The molecular weight excluding hydrogens is 451 g/mol. The lowest BCUT2D eigenvalue weighted by Crippen LogP contribution is -2.23. The third kappa shape index (κ3) is 4.61. The Morgan fingerprint density at radius 2 is 1.40 bits per heavy atom. The Morgan fingerprint density at radius 1 is 0.743 bits per heavy atom. The van der Waals surface area contributed by atoms with Crippen LogP contribution in [0.5, 0.6) is 5.75 Å². The van der Waals surface area contributed by atoms with Crippen LogP contribution in [0.4, 0.5) is 0 Å². The molecule has 2 saturated carbocycles. The molecule has 3 aromatic rings. The Balaban J connectivity index is 1.49. The van der Waals surface area contributed by atoms with Gasteiger partial charge in [-0.2, -0.15) is 0 Å². The number of fused-ring (bicyclic) bond motifs is 3. The Hall–Kier alpha value is -2.35. The summed E-state index contributed by atoms with van der Waals surface area (Å²) in [5.74, 6) is 1.63. The normalized spacial score (nSPS) is 22.8. The van der Waals surface area contributed by atoms with E-state index in [1.54, 1.807) is 0 Å². The lowest BCUT2D eigenvalue weighted by atomic mass is 9.81. The highest BCUT2D eigenvalue weighted by Crippen LogP contribution is 2.54. The third-order valence-electron chi connectivity index (χ3n) is 8.40. The van der Waals surface area contributed by atoms with Crippen molar-refractivity contribution in [3.8, 4) is 16.9 Å². The van der Waals surface area contributed by atoms with Crippen molar-refractivity contribution in [1.82, 2.24) is 0 Å². The highest BCUT2D eigenvalue weighted by molar-refractivity contribution is 7.62. The van der Waals surface area contributed by atoms with E-state index in [-0.39, 0.29) is 0 Å².